The summed E-state index contributed by atoms with van der Waals surface area (Å²) in [7, 11) is 0. The van der Waals surface area contributed by atoms with Crippen LogP contribution in [0.25, 0.3) is 0 Å². The van der Waals surface area contributed by atoms with Crippen LogP contribution in [0.15, 0.2) is 0 Å². The van der Waals surface area contributed by atoms with Gasteiger partial charge < -0.3 is 10.4 Å². The van der Waals surface area contributed by atoms with Crippen LogP contribution in [0.3, 0.4) is 0 Å². The Kier molecular flexibility index (Phi) is 3.00. The Morgan fingerprint density at radius 3 is 2.56 bits per heavy atom. The topological polar surface area (TPSA) is 75.1 Å². The average Bonchev–Trinajstić information content (AvgIpc) is 2.87. The van der Waals surface area contributed by atoms with E-state index in [1.54, 1.807) is 13.8 Å². The van der Waals surface area contributed by atoms with Gasteiger partial charge in [0.1, 0.15) is 5.56 Å². The summed E-state index contributed by atoms with van der Waals surface area (Å²) in [6.45, 7) is 8.71. The van der Waals surface area contributed by atoms with E-state index in [1.165, 1.54) is 6.42 Å². The SMILES string of the molecule is Cc1nnc(NCC2CC2(C)C)c(C(=O)O)c1C. The summed E-state index contributed by atoms with van der Waals surface area (Å²) < 4.78 is 0. The molecule has 1 aliphatic carbocycles. The molecule has 0 bridgehead atoms. The molecule has 5 nitrogen and oxygen atoms in total. The van der Waals surface area contributed by atoms with E-state index in [1.807, 2.05) is 0 Å². The third kappa shape index (κ3) is 2.30. The van der Waals surface area contributed by atoms with Gasteiger partial charge in [-0.3, -0.25) is 0 Å². The van der Waals surface area contributed by atoms with Crippen LogP contribution >= 0.6 is 0 Å². The van der Waals surface area contributed by atoms with Gasteiger partial charge in [0.05, 0.1) is 5.69 Å². The Bertz CT molecular complexity index is 497. The lowest BCUT2D eigenvalue weighted by atomic mass is 10.1. The van der Waals surface area contributed by atoms with Crippen molar-refractivity contribution in [2.24, 2.45) is 11.3 Å². The highest BCUT2D eigenvalue weighted by molar-refractivity contribution is 5.94. The molecule has 0 aliphatic heterocycles. The summed E-state index contributed by atoms with van der Waals surface area (Å²) in [4.78, 5) is 11.3. The maximum atomic E-state index is 11.3. The highest BCUT2D eigenvalue weighted by atomic mass is 16.4. The van der Waals surface area contributed by atoms with Crippen LogP contribution in [0.5, 0.6) is 0 Å². The van der Waals surface area contributed by atoms with Crippen molar-refractivity contribution < 1.29 is 9.90 Å². The van der Waals surface area contributed by atoms with Crippen molar-refractivity contribution in [1.82, 2.24) is 10.2 Å². The number of carboxylic acids is 1. The van der Waals surface area contributed by atoms with Crippen LogP contribution in [0.2, 0.25) is 0 Å². The lowest BCUT2D eigenvalue weighted by molar-refractivity contribution is 0.0696. The van der Waals surface area contributed by atoms with E-state index < -0.39 is 5.97 Å². The first-order valence-corrected chi connectivity index (χ1v) is 6.14. The van der Waals surface area contributed by atoms with Gasteiger partial charge in [0, 0.05) is 6.54 Å². The van der Waals surface area contributed by atoms with Gasteiger partial charge in [-0.15, -0.1) is 5.10 Å². The van der Waals surface area contributed by atoms with E-state index in [4.69, 9.17) is 0 Å². The van der Waals surface area contributed by atoms with Crippen molar-refractivity contribution in [3.05, 3.63) is 16.8 Å². The first kappa shape index (κ1) is 12.8. The van der Waals surface area contributed by atoms with Crippen molar-refractivity contribution in [2.45, 2.75) is 34.1 Å². The number of nitrogens with one attached hydrogen (secondary N) is 1. The molecule has 1 heterocycles. The second kappa shape index (κ2) is 4.23. The second-order valence-corrected chi connectivity index (χ2v) is 5.71. The fraction of sp³-hybridized carbons (Fsp3) is 0.615. The Morgan fingerprint density at radius 2 is 2.06 bits per heavy atom. The Balaban J connectivity index is 2.17. The molecule has 1 aromatic rings. The monoisotopic (exact) mass is 249 g/mol. The number of carboxylic acid groups (broad SMARTS) is 1. The van der Waals surface area contributed by atoms with E-state index in [0.29, 0.717) is 28.4 Å². The van der Waals surface area contributed by atoms with Crippen LogP contribution in [0.4, 0.5) is 5.82 Å². The van der Waals surface area contributed by atoms with Crippen LogP contribution in [-0.2, 0) is 0 Å². The van der Waals surface area contributed by atoms with Crippen molar-refractivity contribution in [3.63, 3.8) is 0 Å². The zero-order chi connectivity index (χ0) is 13.5. The molecule has 0 spiro atoms. The quantitative estimate of drug-likeness (QED) is 0.856. The van der Waals surface area contributed by atoms with Gasteiger partial charge in [0.15, 0.2) is 5.82 Å². The van der Waals surface area contributed by atoms with Gasteiger partial charge in [0.25, 0.3) is 0 Å². The van der Waals surface area contributed by atoms with Gasteiger partial charge in [-0.05, 0) is 37.2 Å². The number of hydrogen-bond donors (Lipinski definition) is 2. The minimum atomic E-state index is -0.956. The van der Waals surface area contributed by atoms with Crippen LogP contribution < -0.4 is 5.32 Å². The predicted molar refractivity (Wildman–Crippen MR) is 68.8 cm³/mol. The average molecular weight is 249 g/mol. The third-order valence-corrected chi connectivity index (χ3v) is 3.90. The summed E-state index contributed by atoms with van der Waals surface area (Å²) in [6.07, 6.45) is 1.17. The molecule has 98 valence electrons. The Morgan fingerprint density at radius 1 is 1.44 bits per heavy atom. The van der Waals surface area contributed by atoms with Gasteiger partial charge in [-0.1, -0.05) is 13.8 Å². The lowest BCUT2D eigenvalue weighted by Gasteiger charge is -2.11. The molecule has 0 amide bonds. The van der Waals surface area contributed by atoms with Crippen LogP contribution in [0.1, 0.15) is 41.9 Å². The molecule has 1 aromatic heterocycles. The standard InChI is InChI=1S/C13H19N3O2/c1-7-8(2)15-16-11(10(7)12(17)18)14-6-9-5-13(9,3)4/h9H,5-6H2,1-4H3,(H,14,16)(H,17,18). The predicted octanol–water partition coefficient (Wildman–Crippen LogP) is 2.25. The van der Waals surface area contributed by atoms with Gasteiger partial charge in [-0.2, -0.15) is 5.10 Å². The van der Waals surface area contributed by atoms with Crippen LogP contribution in [-0.4, -0.2) is 27.8 Å². The molecule has 1 unspecified atom stereocenters. The van der Waals surface area contributed by atoms with Crippen molar-refractivity contribution in [2.75, 3.05) is 11.9 Å². The minimum absolute atomic E-state index is 0.237. The minimum Gasteiger partial charge on any atom is -0.478 e. The van der Waals surface area contributed by atoms with Gasteiger partial charge in [-0.25, -0.2) is 4.79 Å². The normalized spacial score (nSPS) is 20.6. The number of aromatic carboxylic acids is 1. The molecule has 1 fully saturated rings. The second-order valence-electron chi connectivity index (χ2n) is 5.71. The first-order valence-electron chi connectivity index (χ1n) is 6.14. The lowest BCUT2D eigenvalue weighted by Crippen LogP contribution is -2.15. The highest BCUT2D eigenvalue weighted by Gasteiger charge is 2.45. The molecule has 18 heavy (non-hydrogen) atoms. The fourth-order valence-corrected chi connectivity index (χ4v) is 2.14. The number of hydrogen-bond acceptors (Lipinski definition) is 4. The molecule has 1 atom stereocenters. The Hall–Kier alpha value is -1.65. The number of rotatable bonds is 4. The van der Waals surface area contributed by atoms with Crippen LogP contribution in [0, 0.1) is 25.2 Å². The molecule has 2 rings (SSSR count). The maximum Gasteiger partial charge on any atom is 0.339 e. The summed E-state index contributed by atoms with van der Waals surface area (Å²) in [5, 5.41) is 20.3. The number of nitrogens with zero attached hydrogens (tertiary/aromatic N) is 2. The molecule has 5 heteroatoms. The van der Waals surface area contributed by atoms with Crippen molar-refractivity contribution >= 4 is 11.8 Å². The van der Waals surface area contributed by atoms with Gasteiger partial charge >= 0.3 is 5.97 Å². The third-order valence-electron chi connectivity index (χ3n) is 3.90. The molecule has 0 radical (unpaired) electrons. The number of aromatic nitrogens is 2. The summed E-state index contributed by atoms with van der Waals surface area (Å²) in [5.41, 5.74) is 1.93. The first-order chi connectivity index (χ1) is 8.33. The summed E-state index contributed by atoms with van der Waals surface area (Å²) >= 11 is 0. The number of carbonyl (C=O) groups is 1. The zero-order valence-electron chi connectivity index (χ0n) is 11.2. The molecular formula is C13H19N3O2. The fourth-order valence-electron chi connectivity index (χ4n) is 2.14. The van der Waals surface area contributed by atoms with Crippen molar-refractivity contribution in [3.8, 4) is 0 Å². The molecule has 1 aliphatic rings. The maximum absolute atomic E-state index is 11.3. The smallest absolute Gasteiger partial charge is 0.339 e. The van der Waals surface area contributed by atoms with Crippen molar-refractivity contribution in [1.29, 1.82) is 0 Å². The van der Waals surface area contributed by atoms with E-state index in [2.05, 4.69) is 29.4 Å². The zero-order valence-corrected chi connectivity index (χ0v) is 11.2. The van der Waals surface area contributed by atoms with Gasteiger partial charge in [0.2, 0.25) is 0 Å². The van der Waals surface area contributed by atoms with E-state index in [0.717, 1.165) is 6.54 Å². The summed E-state index contributed by atoms with van der Waals surface area (Å²) in [5.74, 6) is 0.0129. The molecule has 0 aromatic carbocycles. The number of anilines is 1. The summed E-state index contributed by atoms with van der Waals surface area (Å²) in [6, 6.07) is 0. The molecule has 0 saturated heterocycles. The molecule has 1 saturated carbocycles. The Labute approximate surface area is 107 Å². The molecular weight excluding hydrogens is 230 g/mol. The largest absolute Gasteiger partial charge is 0.478 e. The highest BCUT2D eigenvalue weighted by Crippen LogP contribution is 2.51. The van der Waals surface area contributed by atoms with E-state index >= 15 is 0 Å². The van der Waals surface area contributed by atoms with E-state index in [-0.39, 0.29) is 5.56 Å². The molecule has 2 N–H and O–H groups in total. The van der Waals surface area contributed by atoms with E-state index in [9.17, 15) is 9.90 Å². The number of aryl methyl sites for hydroxylation is 1.